The molecule has 0 unspecified atom stereocenters. The molecule has 0 spiro atoms. The van der Waals surface area contributed by atoms with Gasteiger partial charge in [0.05, 0.1) is 42.4 Å². The summed E-state index contributed by atoms with van der Waals surface area (Å²) in [5.74, 6) is -1.77. The molecule has 5 rings (SSSR count). The number of methoxy groups -OCH3 is 1. The van der Waals surface area contributed by atoms with Gasteiger partial charge in [-0.15, -0.1) is 0 Å². The lowest BCUT2D eigenvalue weighted by molar-refractivity contribution is -0.140. The van der Waals surface area contributed by atoms with Gasteiger partial charge >= 0.3 is 12.1 Å². The molecule has 1 aliphatic heterocycles. The molecular formula is C28H25F4N3O4. The molecule has 204 valence electrons. The lowest BCUT2D eigenvalue weighted by atomic mass is 10.0. The Hall–Kier alpha value is -4.15. The number of alkyl halides is 3. The first-order chi connectivity index (χ1) is 18.5. The third-order valence-electron chi connectivity index (χ3n) is 6.90. The summed E-state index contributed by atoms with van der Waals surface area (Å²) in [7, 11) is 1.31. The monoisotopic (exact) mass is 543 g/mol. The van der Waals surface area contributed by atoms with Crippen LogP contribution in [0.4, 0.5) is 23.4 Å². The van der Waals surface area contributed by atoms with Crippen LogP contribution in [0.1, 0.15) is 50.2 Å². The van der Waals surface area contributed by atoms with Gasteiger partial charge in [-0.05, 0) is 67.3 Å². The zero-order chi connectivity index (χ0) is 27.9. The molecule has 2 aromatic carbocycles. The van der Waals surface area contributed by atoms with E-state index >= 15 is 0 Å². The van der Waals surface area contributed by atoms with E-state index in [4.69, 9.17) is 9.47 Å². The largest absolute Gasteiger partial charge is 0.487 e. The second kappa shape index (κ2) is 9.87. The van der Waals surface area contributed by atoms with Crippen molar-refractivity contribution < 1.29 is 36.6 Å². The standard InChI is InChI=1S/C28H25F4N3O4/c1-16-11-21(25(36)34-27(9-10-27)18-5-3-17(4-6-18)26(37)38-2)24(33-13-16)35-14-20(15-35)39-19-7-8-23(29)22(12-19)28(30,31)32/h3-8,11-13,20H,9-10,14-15H2,1-2H3,(H,34,36). The van der Waals surface area contributed by atoms with Gasteiger partial charge in [-0.25, -0.2) is 14.2 Å². The molecule has 39 heavy (non-hydrogen) atoms. The average molecular weight is 544 g/mol. The number of aryl methyl sites for hydroxylation is 1. The molecular weight excluding hydrogens is 518 g/mol. The summed E-state index contributed by atoms with van der Waals surface area (Å²) in [6.07, 6.45) is -2.18. The van der Waals surface area contributed by atoms with Crippen molar-refractivity contribution in [2.24, 2.45) is 0 Å². The number of carbonyl (C=O) groups excluding carboxylic acids is 2. The first kappa shape index (κ1) is 26.5. The van der Waals surface area contributed by atoms with Crippen LogP contribution >= 0.6 is 0 Å². The number of carbonyl (C=O) groups is 2. The summed E-state index contributed by atoms with van der Waals surface area (Å²) in [5.41, 5.74) is 0.511. The fraction of sp³-hybridized carbons (Fsp3) is 0.321. The SMILES string of the molecule is COC(=O)c1ccc(C2(NC(=O)c3cc(C)cnc3N3CC(Oc4ccc(F)c(C(F)(F)F)c4)C3)CC2)cc1. The third-order valence-corrected chi connectivity index (χ3v) is 6.90. The third kappa shape index (κ3) is 5.39. The van der Waals surface area contributed by atoms with E-state index in [2.05, 4.69) is 10.3 Å². The predicted molar refractivity (Wildman–Crippen MR) is 133 cm³/mol. The minimum absolute atomic E-state index is 0.0860. The summed E-state index contributed by atoms with van der Waals surface area (Å²) in [5, 5.41) is 3.11. The van der Waals surface area contributed by atoms with Crippen molar-refractivity contribution in [2.75, 3.05) is 25.1 Å². The average Bonchev–Trinajstić information content (AvgIpc) is 3.66. The number of halogens is 4. The van der Waals surface area contributed by atoms with E-state index in [1.54, 1.807) is 41.4 Å². The van der Waals surface area contributed by atoms with Crippen LogP contribution in [0.5, 0.6) is 5.75 Å². The zero-order valence-electron chi connectivity index (χ0n) is 21.1. The zero-order valence-corrected chi connectivity index (χ0v) is 21.1. The Bertz CT molecular complexity index is 1420. The van der Waals surface area contributed by atoms with E-state index in [0.29, 0.717) is 23.0 Å². The number of aromatic nitrogens is 1. The Morgan fingerprint density at radius 1 is 1.08 bits per heavy atom. The molecule has 2 heterocycles. The van der Waals surface area contributed by atoms with E-state index in [1.807, 2.05) is 6.92 Å². The summed E-state index contributed by atoms with van der Waals surface area (Å²) in [4.78, 5) is 31.4. The molecule has 0 bridgehead atoms. The lowest BCUT2D eigenvalue weighted by Gasteiger charge is -2.40. The van der Waals surface area contributed by atoms with Crippen LogP contribution < -0.4 is 15.0 Å². The highest BCUT2D eigenvalue weighted by Gasteiger charge is 2.46. The number of benzene rings is 2. The highest BCUT2D eigenvalue weighted by Crippen LogP contribution is 2.46. The van der Waals surface area contributed by atoms with Gasteiger partial charge in [-0.2, -0.15) is 13.2 Å². The van der Waals surface area contributed by atoms with Gasteiger partial charge in [0, 0.05) is 6.20 Å². The van der Waals surface area contributed by atoms with Crippen LogP contribution in [0, 0.1) is 12.7 Å². The number of ether oxygens (including phenoxy) is 2. The minimum atomic E-state index is -4.83. The lowest BCUT2D eigenvalue weighted by Crippen LogP contribution is -2.55. The summed E-state index contributed by atoms with van der Waals surface area (Å²) < 4.78 is 63.0. The van der Waals surface area contributed by atoms with Crippen LogP contribution in [-0.2, 0) is 16.5 Å². The predicted octanol–water partition coefficient (Wildman–Crippen LogP) is 5.02. The topological polar surface area (TPSA) is 80.8 Å². The van der Waals surface area contributed by atoms with Crippen molar-refractivity contribution in [1.82, 2.24) is 10.3 Å². The minimum Gasteiger partial charge on any atom is -0.487 e. The number of nitrogens with one attached hydrogen (secondary N) is 1. The molecule has 1 aromatic heterocycles. The van der Waals surface area contributed by atoms with Crippen LogP contribution in [-0.4, -0.2) is 43.2 Å². The van der Waals surface area contributed by atoms with Crippen LogP contribution in [0.15, 0.2) is 54.7 Å². The molecule has 11 heteroatoms. The Balaban J connectivity index is 1.27. The van der Waals surface area contributed by atoms with Crippen molar-refractivity contribution in [1.29, 1.82) is 0 Å². The second-order valence-electron chi connectivity index (χ2n) is 9.77. The van der Waals surface area contributed by atoms with Gasteiger partial charge in [0.25, 0.3) is 5.91 Å². The van der Waals surface area contributed by atoms with E-state index in [0.717, 1.165) is 36.1 Å². The van der Waals surface area contributed by atoms with Crippen molar-refractivity contribution in [2.45, 2.75) is 37.6 Å². The highest BCUT2D eigenvalue weighted by molar-refractivity contribution is 6.00. The second-order valence-corrected chi connectivity index (χ2v) is 9.77. The number of hydrogen-bond donors (Lipinski definition) is 1. The first-order valence-corrected chi connectivity index (χ1v) is 12.3. The van der Waals surface area contributed by atoms with Gasteiger partial charge in [0.15, 0.2) is 0 Å². The van der Waals surface area contributed by atoms with Crippen molar-refractivity contribution >= 4 is 17.7 Å². The molecule has 3 aromatic rings. The highest BCUT2D eigenvalue weighted by atomic mass is 19.4. The number of anilines is 1. The summed E-state index contributed by atoms with van der Waals surface area (Å²) >= 11 is 0. The fourth-order valence-corrected chi connectivity index (χ4v) is 4.59. The molecule has 1 saturated heterocycles. The normalized spacial score (nSPS) is 16.3. The molecule has 2 fully saturated rings. The first-order valence-electron chi connectivity index (χ1n) is 12.3. The molecule has 1 amide bonds. The van der Waals surface area contributed by atoms with Crippen LogP contribution in [0.25, 0.3) is 0 Å². The van der Waals surface area contributed by atoms with Crippen molar-refractivity contribution in [3.8, 4) is 5.75 Å². The van der Waals surface area contributed by atoms with Gasteiger partial charge in [-0.1, -0.05) is 12.1 Å². The number of nitrogens with zero attached hydrogens (tertiary/aromatic N) is 2. The molecule has 1 aliphatic carbocycles. The van der Waals surface area contributed by atoms with Gasteiger partial charge in [0.2, 0.25) is 0 Å². The number of esters is 1. The number of rotatable bonds is 7. The van der Waals surface area contributed by atoms with E-state index in [1.165, 1.54) is 7.11 Å². The number of pyridine rings is 1. The van der Waals surface area contributed by atoms with Gasteiger partial charge in [-0.3, -0.25) is 4.79 Å². The van der Waals surface area contributed by atoms with E-state index < -0.39 is 35.2 Å². The maximum Gasteiger partial charge on any atom is 0.419 e. The number of amides is 1. The molecule has 0 radical (unpaired) electrons. The van der Waals surface area contributed by atoms with Crippen LogP contribution in [0.2, 0.25) is 0 Å². The molecule has 1 saturated carbocycles. The number of hydrogen-bond acceptors (Lipinski definition) is 6. The molecule has 7 nitrogen and oxygen atoms in total. The van der Waals surface area contributed by atoms with Crippen molar-refractivity contribution in [3.63, 3.8) is 0 Å². The maximum absolute atomic E-state index is 13.6. The van der Waals surface area contributed by atoms with Gasteiger partial charge < -0.3 is 19.7 Å². The molecule has 1 N–H and O–H groups in total. The molecule has 0 atom stereocenters. The maximum atomic E-state index is 13.6. The van der Waals surface area contributed by atoms with Crippen LogP contribution in [0.3, 0.4) is 0 Å². The Morgan fingerprint density at radius 2 is 1.77 bits per heavy atom. The van der Waals surface area contributed by atoms with E-state index in [-0.39, 0.29) is 24.7 Å². The van der Waals surface area contributed by atoms with Crippen molar-refractivity contribution in [3.05, 3.63) is 88.4 Å². The van der Waals surface area contributed by atoms with Gasteiger partial charge in [0.1, 0.15) is 23.5 Å². The fourth-order valence-electron chi connectivity index (χ4n) is 4.59. The Labute approximate surface area is 221 Å². The summed E-state index contributed by atoms with van der Waals surface area (Å²) in [6.45, 7) is 2.39. The smallest absolute Gasteiger partial charge is 0.419 e. The quantitative estimate of drug-likeness (QED) is 0.333. The Morgan fingerprint density at radius 3 is 2.38 bits per heavy atom. The Kier molecular flexibility index (Phi) is 6.69. The summed E-state index contributed by atoms with van der Waals surface area (Å²) in [6, 6.07) is 11.2. The molecule has 2 aliphatic rings. The van der Waals surface area contributed by atoms with E-state index in [9.17, 15) is 27.2 Å².